The average Bonchev–Trinajstić information content (AvgIpc) is 3.11. The molecule has 1 amide bonds. The van der Waals surface area contributed by atoms with E-state index in [1.165, 1.54) is 16.5 Å². The van der Waals surface area contributed by atoms with Gasteiger partial charge in [-0.05, 0) is 43.0 Å². The molecule has 2 heterocycles. The summed E-state index contributed by atoms with van der Waals surface area (Å²) >= 11 is 0. The minimum Gasteiger partial charge on any atom is -0.371 e. The molecule has 1 fully saturated rings. The first-order chi connectivity index (χ1) is 13.2. The summed E-state index contributed by atoms with van der Waals surface area (Å²) in [5.41, 5.74) is 8.61. The Bertz CT molecular complexity index is 910. The van der Waals surface area contributed by atoms with Gasteiger partial charge >= 0.3 is 0 Å². The molecule has 0 bridgehead atoms. The average molecular weight is 362 g/mol. The van der Waals surface area contributed by atoms with Crippen LogP contribution in [0.5, 0.6) is 0 Å². The molecule has 2 aromatic carbocycles. The third-order valence-electron chi connectivity index (χ3n) is 5.71. The van der Waals surface area contributed by atoms with Crippen LogP contribution < -0.4 is 11.1 Å². The van der Waals surface area contributed by atoms with Crippen molar-refractivity contribution in [2.45, 2.75) is 24.8 Å². The van der Waals surface area contributed by atoms with E-state index in [9.17, 15) is 4.79 Å². The van der Waals surface area contributed by atoms with Gasteiger partial charge in [0.15, 0.2) is 0 Å². The SMILES string of the molecule is NC(=O)C1(Nc2ccccc2)CCN(CCc2c[nH]c3ccccc23)CC1. The van der Waals surface area contributed by atoms with Gasteiger partial charge in [-0.15, -0.1) is 0 Å². The molecular formula is C22H26N4O. The number of H-pyrrole nitrogens is 1. The molecule has 0 atom stereocenters. The van der Waals surface area contributed by atoms with Gasteiger partial charge in [-0.1, -0.05) is 36.4 Å². The summed E-state index contributed by atoms with van der Waals surface area (Å²) in [7, 11) is 0. The number of nitrogens with zero attached hydrogens (tertiary/aromatic N) is 1. The quantitative estimate of drug-likeness (QED) is 0.631. The molecule has 1 aromatic heterocycles. The van der Waals surface area contributed by atoms with Crippen LogP contribution in [-0.4, -0.2) is 41.0 Å². The predicted octanol–water partition coefficient (Wildman–Crippen LogP) is 3.14. The van der Waals surface area contributed by atoms with E-state index in [-0.39, 0.29) is 5.91 Å². The van der Waals surface area contributed by atoms with Gasteiger partial charge in [-0.25, -0.2) is 0 Å². The summed E-state index contributed by atoms with van der Waals surface area (Å²) in [6.45, 7) is 2.72. The third-order valence-corrected chi connectivity index (χ3v) is 5.71. The van der Waals surface area contributed by atoms with E-state index in [0.29, 0.717) is 0 Å². The molecule has 0 saturated carbocycles. The molecule has 4 rings (SSSR count). The van der Waals surface area contributed by atoms with Gasteiger partial charge in [0.2, 0.25) is 5.91 Å². The number of para-hydroxylation sites is 2. The fraction of sp³-hybridized carbons (Fsp3) is 0.318. The molecule has 5 heteroatoms. The van der Waals surface area contributed by atoms with Crippen molar-refractivity contribution < 1.29 is 4.79 Å². The van der Waals surface area contributed by atoms with E-state index in [4.69, 9.17) is 5.73 Å². The van der Waals surface area contributed by atoms with Gasteiger partial charge in [0, 0.05) is 42.4 Å². The molecule has 0 unspecified atom stereocenters. The lowest BCUT2D eigenvalue weighted by atomic mass is 9.86. The van der Waals surface area contributed by atoms with Gasteiger partial charge in [0.1, 0.15) is 5.54 Å². The number of nitrogens with one attached hydrogen (secondary N) is 2. The highest BCUT2D eigenvalue weighted by atomic mass is 16.1. The maximum absolute atomic E-state index is 12.2. The maximum Gasteiger partial charge on any atom is 0.243 e. The number of hydrogen-bond acceptors (Lipinski definition) is 3. The number of carbonyl (C=O) groups is 1. The first kappa shape index (κ1) is 17.6. The van der Waals surface area contributed by atoms with Crippen molar-refractivity contribution in [3.63, 3.8) is 0 Å². The number of primary amides is 1. The number of aromatic nitrogens is 1. The van der Waals surface area contributed by atoms with Crippen molar-refractivity contribution in [2.24, 2.45) is 5.73 Å². The van der Waals surface area contributed by atoms with Gasteiger partial charge in [-0.2, -0.15) is 0 Å². The van der Waals surface area contributed by atoms with E-state index in [1.54, 1.807) is 0 Å². The largest absolute Gasteiger partial charge is 0.371 e. The minimum atomic E-state index is -0.654. The number of aromatic amines is 1. The number of piperidine rings is 1. The van der Waals surface area contributed by atoms with E-state index in [1.807, 2.05) is 30.3 Å². The number of carbonyl (C=O) groups excluding carboxylic acids is 1. The second-order valence-electron chi connectivity index (χ2n) is 7.39. The van der Waals surface area contributed by atoms with Gasteiger partial charge in [0.25, 0.3) is 0 Å². The van der Waals surface area contributed by atoms with Gasteiger partial charge < -0.3 is 20.9 Å². The smallest absolute Gasteiger partial charge is 0.243 e. The molecular weight excluding hydrogens is 336 g/mol. The Hall–Kier alpha value is -2.79. The molecule has 4 N–H and O–H groups in total. The van der Waals surface area contributed by atoms with Crippen LogP contribution in [0, 0.1) is 0 Å². The van der Waals surface area contributed by atoms with Crippen LogP contribution >= 0.6 is 0 Å². The summed E-state index contributed by atoms with van der Waals surface area (Å²) in [4.78, 5) is 18.0. The summed E-state index contributed by atoms with van der Waals surface area (Å²) in [5.74, 6) is -0.261. The number of fused-ring (bicyclic) bond motifs is 1. The van der Waals surface area contributed by atoms with Crippen LogP contribution in [0.3, 0.4) is 0 Å². The monoisotopic (exact) mass is 362 g/mol. The Morgan fingerprint density at radius 1 is 1.07 bits per heavy atom. The van der Waals surface area contributed by atoms with Crippen molar-refractivity contribution in [3.8, 4) is 0 Å². The Morgan fingerprint density at radius 3 is 2.52 bits per heavy atom. The number of amides is 1. The maximum atomic E-state index is 12.2. The molecule has 0 spiro atoms. The summed E-state index contributed by atoms with van der Waals surface area (Å²) in [6, 6.07) is 18.3. The van der Waals surface area contributed by atoms with Crippen molar-refractivity contribution in [3.05, 3.63) is 66.4 Å². The Balaban J connectivity index is 1.38. The fourth-order valence-electron chi connectivity index (χ4n) is 4.01. The molecule has 27 heavy (non-hydrogen) atoms. The highest BCUT2D eigenvalue weighted by Gasteiger charge is 2.39. The second-order valence-corrected chi connectivity index (χ2v) is 7.39. The van der Waals surface area contributed by atoms with Crippen LogP contribution in [0.4, 0.5) is 5.69 Å². The molecule has 1 aliphatic heterocycles. The van der Waals surface area contributed by atoms with Crippen molar-refractivity contribution >= 4 is 22.5 Å². The van der Waals surface area contributed by atoms with Crippen LogP contribution in [0.25, 0.3) is 10.9 Å². The fourth-order valence-corrected chi connectivity index (χ4v) is 4.01. The lowest BCUT2D eigenvalue weighted by molar-refractivity contribution is -0.123. The second kappa shape index (κ2) is 7.45. The zero-order valence-electron chi connectivity index (χ0n) is 15.4. The van der Waals surface area contributed by atoms with E-state index in [0.717, 1.165) is 44.6 Å². The third kappa shape index (κ3) is 3.69. The van der Waals surface area contributed by atoms with Crippen LogP contribution in [0.15, 0.2) is 60.8 Å². The number of benzene rings is 2. The first-order valence-electron chi connectivity index (χ1n) is 9.57. The topological polar surface area (TPSA) is 74.2 Å². The van der Waals surface area contributed by atoms with Crippen LogP contribution in [0.1, 0.15) is 18.4 Å². The normalized spacial score (nSPS) is 17.0. The molecule has 140 valence electrons. The van der Waals surface area contributed by atoms with E-state index < -0.39 is 5.54 Å². The van der Waals surface area contributed by atoms with Gasteiger partial charge in [0.05, 0.1) is 0 Å². The van der Waals surface area contributed by atoms with Crippen molar-refractivity contribution in [1.82, 2.24) is 9.88 Å². The zero-order chi connectivity index (χ0) is 18.7. The Kier molecular flexibility index (Phi) is 4.86. The van der Waals surface area contributed by atoms with Gasteiger partial charge in [-0.3, -0.25) is 4.79 Å². The van der Waals surface area contributed by atoms with E-state index >= 15 is 0 Å². The Labute approximate surface area is 159 Å². The molecule has 0 aliphatic carbocycles. The minimum absolute atomic E-state index is 0.261. The number of rotatable bonds is 6. The lowest BCUT2D eigenvalue weighted by Gasteiger charge is -2.40. The first-order valence-corrected chi connectivity index (χ1v) is 9.57. The summed E-state index contributed by atoms with van der Waals surface area (Å²) in [5, 5.41) is 4.70. The highest BCUT2D eigenvalue weighted by Crippen LogP contribution is 2.27. The summed E-state index contributed by atoms with van der Waals surface area (Å²) in [6.07, 6.45) is 4.56. The molecule has 3 aromatic rings. The molecule has 1 aliphatic rings. The zero-order valence-corrected chi connectivity index (χ0v) is 15.4. The molecule has 1 saturated heterocycles. The highest BCUT2D eigenvalue weighted by molar-refractivity contribution is 5.88. The number of anilines is 1. The number of nitrogens with two attached hydrogens (primary N) is 1. The predicted molar refractivity (Wildman–Crippen MR) is 110 cm³/mol. The Morgan fingerprint density at radius 2 is 1.78 bits per heavy atom. The van der Waals surface area contributed by atoms with E-state index in [2.05, 4.69) is 45.7 Å². The molecule has 5 nitrogen and oxygen atoms in total. The van der Waals surface area contributed by atoms with Crippen molar-refractivity contribution in [2.75, 3.05) is 25.0 Å². The number of likely N-dealkylation sites (tertiary alicyclic amines) is 1. The number of hydrogen-bond donors (Lipinski definition) is 3. The lowest BCUT2D eigenvalue weighted by Crippen LogP contribution is -2.57. The van der Waals surface area contributed by atoms with Crippen molar-refractivity contribution in [1.29, 1.82) is 0 Å². The standard InChI is InChI=1S/C22H26N4O/c23-21(27)22(25-18-6-2-1-3-7-18)11-14-26(15-12-22)13-10-17-16-24-20-9-5-4-8-19(17)20/h1-9,16,24-25H,10-15H2,(H2,23,27). The molecule has 0 radical (unpaired) electrons. The van der Waals surface area contributed by atoms with Crippen LogP contribution in [0.2, 0.25) is 0 Å². The summed E-state index contributed by atoms with van der Waals surface area (Å²) < 4.78 is 0. The van der Waals surface area contributed by atoms with Crippen LogP contribution in [-0.2, 0) is 11.2 Å².